The van der Waals surface area contributed by atoms with Crippen LogP contribution in [0.3, 0.4) is 0 Å². The van der Waals surface area contributed by atoms with Crippen LogP contribution < -0.4 is 5.32 Å². The number of carbonyl (C=O) groups is 1. The Morgan fingerprint density at radius 3 is 2.72 bits per heavy atom. The van der Waals surface area contributed by atoms with Gasteiger partial charge in [-0.2, -0.15) is 0 Å². The maximum atomic E-state index is 11.0. The van der Waals surface area contributed by atoms with Crippen molar-refractivity contribution < 1.29 is 9.53 Å². The lowest BCUT2D eigenvalue weighted by Crippen LogP contribution is -2.45. The molecule has 6 heteroatoms. The number of aldehydes is 1. The van der Waals surface area contributed by atoms with E-state index in [1.54, 1.807) is 14.0 Å². The predicted molar refractivity (Wildman–Crippen MR) is 69.2 cm³/mol. The van der Waals surface area contributed by atoms with Gasteiger partial charge >= 0.3 is 0 Å². The number of methoxy groups -OCH3 is 1. The van der Waals surface area contributed by atoms with Crippen LogP contribution in [-0.2, 0) is 4.74 Å². The Kier molecular flexibility index (Phi) is 3.82. The van der Waals surface area contributed by atoms with Crippen LogP contribution in [0.25, 0.3) is 0 Å². The van der Waals surface area contributed by atoms with Gasteiger partial charge in [-0.1, -0.05) is 11.6 Å². The third kappa shape index (κ3) is 2.47. The Bertz CT molecular complexity index is 455. The van der Waals surface area contributed by atoms with Crippen molar-refractivity contribution in [2.75, 3.05) is 19.0 Å². The van der Waals surface area contributed by atoms with Crippen molar-refractivity contribution in [2.24, 2.45) is 0 Å². The number of aryl methyl sites for hydroxylation is 1. The Morgan fingerprint density at radius 1 is 1.50 bits per heavy atom. The molecular formula is C12H16ClN3O2. The highest BCUT2D eigenvalue weighted by atomic mass is 35.5. The first-order valence-corrected chi connectivity index (χ1v) is 6.26. The Labute approximate surface area is 111 Å². The average molecular weight is 270 g/mol. The number of nitrogens with zero attached hydrogens (tertiary/aromatic N) is 2. The van der Waals surface area contributed by atoms with Gasteiger partial charge < -0.3 is 10.1 Å². The molecule has 1 aromatic rings. The van der Waals surface area contributed by atoms with Gasteiger partial charge in [0.15, 0.2) is 6.29 Å². The van der Waals surface area contributed by atoms with Crippen molar-refractivity contribution in [3.63, 3.8) is 0 Å². The highest BCUT2D eigenvalue weighted by Gasteiger charge is 2.37. The van der Waals surface area contributed by atoms with E-state index in [-0.39, 0.29) is 10.8 Å². The summed E-state index contributed by atoms with van der Waals surface area (Å²) in [4.78, 5) is 19.2. The normalized spacial score (nSPS) is 17.1. The molecule has 1 aromatic heterocycles. The molecule has 0 bridgehead atoms. The minimum absolute atomic E-state index is 0.133. The van der Waals surface area contributed by atoms with Gasteiger partial charge in [-0.05, 0) is 26.2 Å². The first kappa shape index (κ1) is 13.2. The third-order valence-electron chi connectivity index (χ3n) is 3.40. The van der Waals surface area contributed by atoms with E-state index in [9.17, 15) is 4.79 Å². The summed E-state index contributed by atoms with van der Waals surface area (Å²) in [7, 11) is 1.71. The van der Waals surface area contributed by atoms with Gasteiger partial charge in [0, 0.05) is 13.7 Å². The number of halogens is 1. The molecule has 0 saturated heterocycles. The fourth-order valence-electron chi connectivity index (χ4n) is 2.06. The van der Waals surface area contributed by atoms with E-state index in [2.05, 4.69) is 15.3 Å². The number of hydrogen-bond donors (Lipinski definition) is 1. The summed E-state index contributed by atoms with van der Waals surface area (Å²) in [6.07, 6.45) is 3.87. The number of anilines is 1. The smallest absolute Gasteiger partial charge is 0.156 e. The molecule has 0 amide bonds. The highest BCUT2D eigenvalue weighted by molar-refractivity contribution is 6.32. The summed E-state index contributed by atoms with van der Waals surface area (Å²) in [6.45, 7) is 2.36. The van der Waals surface area contributed by atoms with Gasteiger partial charge in [-0.15, -0.1) is 0 Å². The Balaban J connectivity index is 2.15. The number of carbonyl (C=O) groups excluding carboxylic acids is 1. The van der Waals surface area contributed by atoms with E-state index in [1.807, 2.05) is 0 Å². The highest BCUT2D eigenvalue weighted by Crippen LogP contribution is 2.35. The van der Waals surface area contributed by atoms with Gasteiger partial charge in [-0.3, -0.25) is 4.79 Å². The SMILES string of the molecule is COC1(CNc2nc(C)nc(Cl)c2C=O)CCC1. The largest absolute Gasteiger partial charge is 0.376 e. The van der Waals surface area contributed by atoms with E-state index >= 15 is 0 Å². The van der Waals surface area contributed by atoms with Crippen molar-refractivity contribution in [3.05, 3.63) is 16.5 Å². The molecule has 1 saturated carbocycles. The third-order valence-corrected chi connectivity index (χ3v) is 3.69. The van der Waals surface area contributed by atoms with Crippen molar-refractivity contribution in [1.82, 2.24) is 9.97 Å². The van der Waals surface area contributed by atoms with Gasteiger partial charge in [0.05, 0.1) is 11.2 Å². The van der Waals surface area contributed by atoms with Crippen LogP contribution in [-0.4, -0.2) is 35.5 Å². The topological polar surface area (TPSA) is 64.1 Å². The second-order valence-corrected chi connectivity index (χ2v) is 4.89. The summed E-state index contributed by atoms with van der Waals surface area (Å²) >= 11 is 5.91. The molecule has 0 spiro atoms. The minimum Gasteiger partial charge on any atom is -0.376 e. The number of nitrogens with one attached hydrogen (secondary N) is 1. The molecular weight excluding hydrogens is 254 g/mol. The summed E-state index contributed by atoms with van der Waals surface area (Å²) < 4.78 is 5.50. The Morgan fingerprint density at radius 2 is 2.22 bits per heavy atom. The van der Waals surface area contributed by atoms with Crippen LogP contribution in [0.4, 0.5) is 5.82 Å². The zero-order valence-electron chi connectivity index (χ0n) is 10.5. The van der Waals surface area contributed by atoms with Crippen molar-refractivity contribution in [3.8, 4) is 0 Å². The van der Waals surface area contributed by atoms with Crippen molar-refractivity contribution in [2.45, 2.75) is 31.8 Å². The van der Waals surface area contributed by atoms with Crippen LogP contribution in [0.15, 0.2) is 0 Å². The quantitative estimate of drug-likeness (QED) is 0.656. The zero-order valence-corrected chi connectivity index (χ0v) is 11.3. The maximum Gasteiger partial charge on any atom is 0.156 e. The molecule has 0 unspecified atom stereocenters. The van der Waals surface area contributed by atoms with Gasteiger partial charge in [0.1, 0.15) is 16.8 Å². The summed E-state index contributed by atoms with van der Waals surface area (Å²) in [5.74, 6) is 1.01. The molecule has 1 N–H and O–H groups in total. The van der Waals surface area contributed by atoms with E-state index in [4.69, 9.17) is 16.3 Å². The van der Waals surface area contributed by atoms with E-state index in [0.717, 1.165) is 12.8 Å². The lowest BCUT2D eigenvalue weighted by atomic mass is 9.80. The Hall–Kier alpha value is -1.20. The molecule has 0 atom stereocenters. The number of ether oxygens (including phenoxy) is 1. The van der Waals surface area contributed by atoms with Gasteiger partial charge in [0.2, 0.25) is 0 Å². The molecule has 1 fully saturated rings. The lowest BCUT2D eigenvalue weighted by Gasteiger charge is -2.40. The first-order chi connectivity index (χ1) is 8.60. The fraction of sp³-hybridized carbons (Fsp3) is 0.583. The van der Waals surface area contributed by atoms with Gasteiger partial charge in [-0.25, -0.2) is 9.97 Å². The predicted octanol–water partition coefficient (Wildman–Crippen LogP) is 2.23. The molecule has 5 nitrogen and oxygen atoms in total. The standard InChI is InChI=1S/C12H16ClN3O2/c1-8-15-10(13)9(6-17)11(16-8)14-7-12(18-2)4-3-5-12/h6H,3-5,7H2,1-2H3,(H,14,15,16). The summed E-state index contributed by atoms with van der Waals surface area (Å²) in [6, 6.07) is 0. The number of hydrogen-bond acceptors (Lipinski definition) is 5. The van der Waals surface area contributed by atoms with E-state index < -0.39 is 0 Å². The molecule has 2 rings (SSSR count). The number of aromatic nitrogens is 2. The van der Waals surface area contributed by atoms with Crippen LogP contribution in [0.2, 0.25) is 5.15 Å². The van der Waals surface area contributed by atoms with Gasteiger partial charge in [0.25, 0.3) is 0 Å². The average Bonchev–Trinajstić information content (AvgIpc) is 2.27. The van der Waals surface area contributed by atoms with Crippen LogP contribution >= 0.6 is 11.6 Å². The molecule has 1 heterocycles. The molecule has 18 heavy (non-hydrogen) atoms. The van der Waals surface area contributed by atoms with Crippen molar-refractivity contribution in [1.29, 1.82) is 0 Å². The lowest BCUT2D eigenvalue weighted by molar-refractivity contribution is -0.0601. The summed E-state index contributed by atoms with van der Waals surface area (Å²) in [5, 5.41) is 3.33. The van der Waals surface area contributed by atoms with Crippen LogP contribution in [0, 0.1) is 6.92 Å². The second kappa shape index (κ2) is 5.20. The minimum atomic E-state index is -0.133. The number of rotatable bonds is 5. The zero-order chi connectivity index (χ0) is 13.2. The second-order valence-electron chi connectivity index (χ2n) is 4.54. The summed E-state index contributed by atoms with van der Waals surface area (Å²) in [5.41, 5.74) is 0.165. The van der Waals surface area contributed by atoms with E-state index in [0.29, 0.717) is 30.0 Å². The molecule has 0 radical (unpaired) electrons. The monoisotopic (exact) mass is 269 g/mol. The fourth-order valence-corrected chi connectivity index (χ4v) is 2.31. The maximum absolute atomic E-state index is 11.0. The van der Waals surface area contributed by atoms with Crippen molar-refractivity contribution >= 4 is 23.7 Å². The molecule has 98 valence electrons. The first-order valence-electron chi connectivity index (χ1n) is 5.88. The van der Waals surface area contributed by atoms with Crippen LogP contribution in [0.1, 0.15) is 35.4 Å². The molecule has 0 aliphatic heterocycles. The molecule has 1 aliphatic carbocycles. The van der Waals surface area contributed by atoms with Crippen LogP contribution in [0.5, 0.6) is 0 Å². The molecule has 0 aromatic carbocycles. The van der Waals surface area contributed by atoms with E-state index in [1.165, 1.54) is 6.42 Å². The molecule has 1 aliphatic rings.